The number of hydrogen-bond acceptors (Lipinski definition) is 4. The van der Waals surface area contributed by atoms with Crippen LogP contribution in [0.4, 0.5) is 0 Å². The van der Waals surface area contributed by atoms with Crippen LogP contribution in [0.1, 0.15) is 25.8 Å². The van der Waals surface area contributed by atoms with Crippen molar-refractivity contribution in [2.75, 3.05) is 7.11 Å². The van der Waals surface area contributed by atoms with Gasteiger partial charge in [-0.05, 0) is 17.9 Å². The Bertz CT molecular complexity index is 460. The summed E-state index contributed by atoms with van der Waals surface area (Å²) in [6.45, 7) is 3.99. The maximum atomic E-state index is 12.1. The molecule has 0 aliphatic carbocycles. The summed E-state index contributed by atoms with van der Waals surface area (Å²) in [5, 5.41) is 2.68. The van der Waals surface area contributed by atoms with Gasteiger partial charge in [0.2, 0.25) is 5.91 Å². The Morgan fingerprint density at radius 1 is 1.24 bits per heavy atom. The third-order valence-electron chi connectivity index (χ3n) is 3.15. The molecule has 1 amide bonds. The second kappa shape index (κ2) is 8.42. The van der Waals surface area contributed by atoms with E-state index in [1.807, 2.05) is 44.2 Å². The summed E-state index contributed by atoms with van der Waals surface area (Å²) in [6.07, 6.45) is 0.957. The second-order valence-electron chi connectivity index (χ2n) is 5.51. The van der Waals surface area contributed by atoms with Gasteiger partial charge >= 0.3 is 5.97 Å². The molecule has 0 saturated carbocycles. The molecule has 116 valence electrons. The van der Waals surface area contributed by atoms with E-state index in [-0.39, 0.29) is 5.91 Å². The zero-order valence-electron chi connectivity index (χ0n) is 12.8. The summed E-state index contributed by atoms with van der Waals surface area (Å²) in [5.41, 5.74) is 6.79. The Morgan fingerprint density at radius 2 is 1.86 bits per heavy atom. The lowest BCUT2D eigenvalue weighted by atomic mass is 10.0. The van der Waals surface area contributed by atoms with E-state index in [0.717, 1.165) is 5.56 Å². The molecule has 1 aromatic rings. The van der Waals surface area contributed by atoms with Crippen molar-refractivity contribution in [1.29, 1.82) is 0 Å². The van der Waals surface area contributed by atoms with Gasteiger partial charge in [-0.25, -0.2) is 4.79 Å². The Morgan fingerprint density at radius 3 is 2.38 bits per heavy atom. The van der Waals surface area contributed by atoms with Crippen molar-refractivity contribution < 1.29 is 14.3 Å². The fraction of sp³-hybridized carbons (Fsp3) is 0.500. The van der Waals surface area contributed by atoms with Gasteiger partial charge in [-0.2, -0.15) is 0 Å². The average molecular weight is 292 g/mol. The number of hydrogen-bond donors (Lipinski definition) is 2. The van der Waals surface area contributed by atoms with Crippen LogP contribution in [0, 0.1) is 5.92 Å². The second-order valence-corrected chi connectivity index (χ2v) is 5.51. The number of carbonyl (C=O) groups excluding carboxylic acids is 2. The van der Waals surface area contributed by atoms with E-state index in [0.29, 0.717) is 18.8 Å². The number of amides is 1. The molecule has 5 heteroatoms. The highest BCUT2D eigenvalue weighted by Crippen LogP contribution is 2.07. The minimum Gasteiger partial charge on any atom is -0.467 e. The standard InChI is InChI=1S/C16H24N2O3/c1-11(2)9-13(17)15(19)18-14(16(20)21-3)10-12-7-5-4-6-8-12/h4-8,11,13-14H,9-10,17H2,1-3H3,(H,18,19)/t13-,14+/m1/s1. The van der Waals surface area contributed by atoms with Gasteiger partial charge in [-0.15, -0.1) is 0 Å². The lowest BCUT2D eigenvalue weighted by molar-refractivity contribution is -0.145. The Hall–Kier alpha value is -1.88. The molecule has 0 aromatic heterocycles. The molecule has 0 unspecified atom stereocenters. The molecule has 0 radical (unpaired) electrons. The Labute approximate surface area is 125 Å². The first-order chi connectivity index (χ1) is 9.93. The van der Waals surface area contributed by atoms with Gasteiger partial charge in [0.25, 0.3) is 0 Å². The fourth-order valence-electron chi connectivity index (χ4n) is 2.08. The predicted octanol–water partition coefficient (Wildman–Crippen LogP) is 1.26. The molecule has 0 bridgehead atoms. The van der Waals surface area contributed by atoms with E-state index in [9.17, 15) is 9.59 Å². The minimum absolute atomic E-state index is 0.316. The highest BCUT2D eigenvalue weighted by molar-refractivity contribution is 5.87. The Balaban J connectivity index is 2.70. The summed E-state index contributed by atoms with van der Waals surface area (Å²) in [6, 6.07) is 8.13. The molecule has 5 nitrogen and oxygen atoms in total. The Kier molecular flexibility index (Phi) is 6.88. The van der Waals surface area contributed by atoms with Crippen molar-refractivity contribution in [3.63, 3.8) is 0 Å². The van der Waals surface area contributed by atoms with Crippen LogP contribution >= 0.6 is 0 Å². The van der Waals surface area contributed by atoms with E-state index < -0.39 is 18.1 Å². The molecule has 1 aromatic carbocycles. The van der Waals surface area contributed by atoms with Crippen molar-refractivity contribution in [3.8, 4) is 0 Å². The van der Waals surface area contributed by atoms with Gasteiger partial charge in [0.15, 0.2) is 0 Å². The zero-order chi connectivity index (χ0) is 15.8. The summed E-state index contributed by atoms with van der Waals surface area (Å²) < 4.78 is 4.75. The summed E-state index contributed by atoms with van der Waals surface area (Å²) >= 11 is 0. The molecule has 2 atom stereocenters. The number of benzene rings is 1. The summed E-state index contributed by atoms with van der Waals surface area (Å²) in [7, 11) is 1.31. The SMILES string of the molecule is COC(=O)[C@H](Cc1ccccc1)NC(=O)[C@H](N)CC(C)C. The first-order valence-corrected chi connectivity index (χ1v) is 7.11. The number of esters is 1. The highest BCUT2D eigenvalue weighted by atomic mass is 16.5. The van der Waals surface area contributed by atoms with Crippen LogP contribution < -0.4 is 11.1 Å². The van der Waals surface area contributed by atoms with Crippen LogP contribution in [0.15, 0.2) is 30.3 Å². The number of carbonyl (C=O) groups is 2. The normalized spacial score (nSPS) is 13.6. The van der Waals surface area contributed by atoms with E-state index in [1.165, 1.54) is 7.11 Å². The molecule has 0 heterocycles. The third kappa shape index (κ3) is 5.95. The lowest BCUT2D eigenvalue weighted by Crippen LogP contribution is -2.50. The molecule has 21 heavy (non-hydrogen) atoms. The maximum Gasteiger partial charge on any atom is 0.328 e. The van der Waals surface area contributed by atoms with Gasteiger partial charge < -0.3 is 15.8 Å². The largest absolute Gasteiger partial charge is 0.467 e. The molecule has 0 saturated heterocycles. The molecule has 3 N–H and O–H groups in total. The fourth-order valence-corrected chi connectivity index (χ4v) is 2.08. The monoisotopic (exact) mass is 292 g/mol. The van der Waals surface area contributed by atoms with Gasteiger partial charge in [0, 0.05) is 6.42 Å². The van der Waals surface area contributed by atoms with E-state index in [1.54, 1.807) is 0 Å². The molecule has 0 aliphatic heterocycles. The van der Waals surface area contributed by atoms with E-state index in [2.05, 4.69) is 5.32 Å². The van der Waals surface area contributed by atoms with Crippen molar-refractivity contribution >= 4 is 11.9 Å². The zero-order valence-corrected chi connectivity index (χ0v) is 12.8. The number of ether oxygens (including phenoxy) is 1. The van der Waals surface area contributed by atoms with Crippen LogP contribution in [0.25, 0.3) is 0 Å². The van der Waals surface area contributed by atoms with Crippen LogP contribution in [0.5, 0.6) is 0 Å². The molecular weight excluding hydrogens is 268 g/mol. The number of nitrogens with one attached hydrogen (secondary N) is 1. The molecule has 0 aliphatic rings. The minimum atomic E-state index is -0.719. The van der Waals surface area contributed by atoms with Gasteiger partial charge in [0.1, 0.15) is 6.04 Å². The molecule has 1 rings (SSSR count). The van der Waals surface area contributed by atoms with Crippen molar-refractivity contribution in [2.45, 2.75) is 38.8 Å². The van der Waals surface area contributed by atoms with Crippen LogP contribution in [-0.4, -0.2) is 31.1 Å². The third-order valence-corrected chi connectivity index (χ3v) is 3.15. The maximum absolute atomic E-state index is 12.1. The van der Waals surface area contributed by atoms with Gasteiger partial charge in [-0.3, -0.25) is 4.79 Å². The van der Waals surface area contributed by atoms with Crippen molar-refractivity contribution in [2.24, 2.45) is 11.7 Å². The van der Waals surface area contributed by atoms with E-state index in [4.69, 9.17) is 10.5 Å². The van der Waals surface area contributed by atoms with Crippen molar-refractivity contribution in [3.05, 3.63) is 35.9 Å². The first kappa shape index (κ1) is 17.2. The molecular formula is C16H24N2O3. The van der Waals surface area contributed by atoms with Crippen LogP contribution in [0.3, 0.4) is 0 Å². The van der Waals surface area contributed by atoms with Crippen LogP contribution in [0.2, 0.25) is 0 Å². The van der Waals surface area contributed by atoms with Crippen molar-refractivity contribution in [1.82, 2.24) is 5.32 Å². The average Bonchev–Trinajstić information content (AvgIpc) is 2.46. The smallest absolute Gasteiger partial charge is 0.328 e. The summed E-state index contributed by atoms with van der Waals surface area (Å²) in [5.74, 6) is -0.476. The topological polar surface area (TPSA) is 81.4 Å². The highest BCUT2D eigenvalue weighted by Gasteiger charge is 2.24. The van der Waals surface area contributed by atoms with Gasteiger partial charge in [-0.1, -0.05) is 44.2 Å². The number of nitrogens with two attached hydrogens (primary N) is 1. The van der Waals surface area contributed by atoms with Crippen LogP contribution in [-0.2, 0) is 20.7 Å². The summed E-state index contributed by atoms with van der Waals surface area (Å²) in [4.78, 5) is 23.9. The predicted molar refractivity (Wildman–Crippen MR) is 81.5 cm³/mol. The van der Waals surface area contributed by atoms with Gasteiger partial charge in [0.05, 0.1) is 13.2 Å². The number of rotatable bonds is 7. The van der Waals surface area contributed by atoms with E-state index >= 15 is 0 Å². The first-order valence-electron chi connectivity index (χ1n) is 7.11. The quantitative estimate of drug-likeness (QED) is 0.741. The molecule has 0 spiro atoms. The number of methoxy groups -OCH3 is 1. The molecule has 0 fully saturated rings. The lowest BCUT2D eigenvalue weighted by Gasteiger charge is -2.20.